The van der Waals surface area contributed by atoms with E-state index in [0.29, 0.717) is 6.04 Å². The molecule has 4 heteroatoms. The maximum absolute atomic E-state index is 4.45. The highest BCUT2D eigenvalue weighted by molar-refractivity contribution is 7.99. The Balaban J connectivity index is 1.71. The Morgan fingerprint density at radius 1 is 1.33 bits per heavy atom. The molecule has 0 radical (unpaired) electrons. The molecule has 3 nitrogen and oxygen atoms in total. The highest BCUT2D eigenvalue weighted by Crippen LogP contribution is 2.22. The first-order chi connectivity index (χ1) is 8.93. The molecule has 0 unspecified atom stereocenters. The van der Waals surface area contributed by atoms with Crippen LogP contribution in [0.25, 0.3) is 5.69 Å². The lowest BCUT2D eigenvalue weighted by molar-refractivity contribution is 0.672. The van der Waals surface area contributed by atoms with Crippen LogP contribution < -0.4 is 5.32 Å². The average molecular weight is 259 g/mol. The molecule has 2 heterocycles. The van der Waals surface area contributed by atoms with Crippen LogP contribution in [0.15, 0.2) is 47.9 Å². The highest BCUT2D eigenvalue weighted by atomic mass is 32.2. The average Bonchev–Trinajstić information content (AvgIpc) is 3.09. The van der Waals surface area contributed by atoms with Crippen LogP contribution in [0.2, 0.25) is 0 Å². The van der Waals surface area contributed by atoms with Crippen LogP contribution in [0, 0.1) is 0 Å². The van der Waals surface area contributed by atoms with Crippen molar-refractivity contribution < 1.29 is 0 Å². The molecule has 1 aromatic carbocycles. The second kappa shape index (κ2) is 5.59. The monoisotopic (exact) mass is 259 g/mol. The molecule has 2 aromatic rings. The number of benzene rings is 1. The van der Waals surface area contributed by atoms with E-state index in [0.717, 1.165) is 10.9 Å². The van der Waals surface area contributed by atoms with Crippen molar-refractivity contribution in [3.05, 3.63) is 42.7 Å². The number of nitrogens with one attached hydrogen (secondary N) is 1. The Bertz CT molecular complexity index is 489. The van der Waals surface area contributed by atoms with Crippen LogP contribution in [-0.4, -0.2) is 27.9 Å². The summed E-state index contributed by atoms with van der Waals surface area (Å²) in [5.74, 6) is 1.10. The maximum atomic E-state index is 4.45. The van der Waals surface area contributed by atoms with Crippen molar-refractivity contribution in [2.24, 2.45) is 0 Å². The van der Waals surface area contributed by atoms with Crippen LogP contribution in [-0.2, 0) is 0 Å². The van der Waals surface area contributed by atoms with Crippen LogP contribution >= 0.6 is 11.8 Å². The maximum Gasteiger partial charge on any atom is 0.172 e. The quantitative estimate of drug-likeness (QED) is 0.856. The number of nitrogens with zero attached hydrogens (tertiary/aromatic N) is 2. The smallest absolute Gasteiger partial charge is 0.172 e. The second-order valence-corrected chi connectivity index (χ2v) is 5.51. The van der Waals surface area contributed by atoms with Gasteiger partial charge in [-0.25, -0.2) is 4.98 Å². The minimum atomic E-state index is 0.649. The molecule has 1 aliphatic heterocycles. The second-order valence-electron chi connectivity index (χ2n) is 4.52. The van der Waals surface area contributed by atoms with Gasteiger partial charge in [0.05, 0.1) is 0 Å². The van der Waals surface area contributed by atoms with Gasteiger partial charge in [-0.05, 0) is 31.5 Å². The van der Waals surface area contributed by atoms with Crippen molar-refractivity contribution in [1.82, 2.24) is 14.9 Å². The molecule has 0 saturated carbocycles. The first-order valence-corrected chi connectivity index (χ1v) is 7.37. The molecule has 3 rings (SSSR count). The van der Waals surface area contributed by atoms with Gasteiger partial charge < -0.3 is 5.32 Å². The molecule has 1 fully saturated rings. The summed E-state index contributed by atoms with van der Waals surface area (Å²) >= 11 is 1.84. The summed E-state index contributed by atoms with van der Waals surface area (Å²) in [7, 11) is 0. The van der Waals surface area contributed by atoms with Crippen LogP contribution in [0.4, 0.5) is 0 Å². The third kappa shape index (κ3) is 2.60. The highest BCUT2D eigenvalue weighted by Gasteiger charge is 2.15. The predicted octanol–water partition coefficient (Wildman–Crippen LogP) is 2.72. The van der Waals surface area contributed by atoms with E-state index >= 15 is 0 Å². The molecular formula is C14H17N3S. The minimum Gasteiger partial charge on any atom is -0.313 e. The molecule has 1 N–H and O–H groups in total. The third-order valence-corrected chi connectivity index (χ3v) is 4.35. The SMILES string of the molecule is c1ccc(-n2ccnc2SC[C@@H]2CCCN2)cc1. The van der Waals surface area contributed by atoms with E-state index < -0.39 is 0 Å². The summed E-state index contributed by atoms with van der Waals surface area (Å²) in [5, 5.41) is 4.60. The molecule has 94 valence electrons. The number of aromatic nitrogens is 2. The van der Waals surface area contributed by atoms with Gasteiger partial charge in [0.25, 0.3) is 0 Å². The van der Waals surface area contributed by atoms with E-state index in [9.17, 15) is 0 Å². The van der Waals surface area contributed by atoms with Gasteiger partial charge in [-0.1, -0.05) is 30.0 Å². The Morgan fingerprint density at radius 3 is 3.00 bits per heavy atom. The fourth-order valence-corrected chi connectivity index (χ4v) is 3.33. The summed E-state index contributed by atoms with van der Waals surface area (Å²) in [6.45, 7) is 1.17. The van der Waals surface area contributed by atoms with E-state index in [-0.39, 0.29) is 0 Å². The molecule has 1 saturated heterocycles. The number of hydrogen-bond donors (Lipinski definition) is 1. The van der Waals surface area contributed by atoms with E-state index in [1.54, 1.807) is 0 Å². The lowest BCUT2D eigenvalue weighted by Gasteiger charge is -2.10. The predicted molar refractivity (Wildman–Crippen MR) is 75.3 cm³/mol. The molecule has 0 amide bonds. The number of imidazole rings is 1. The van der Waals surface area contributed by atoms with Gasteiger partial charge in [0.1, 0.15) is 0 Å². The summed E-state index contributed by atoms with van der Waals surface area (Å²) < 4.78 is 2.15. The summed E-state index contributed by atoms with van der Waals surface area (Å²) in [4.78, 5) is 4.45. The fourth-order valence-electron chi connectivity index (χ4n) is 2.26. The summed E-state index contributed by atoms with van der Waals surface area (Å²) in [6, 6.07) is 11.0. The number of thioether (sulfide) groups is 1. The largest absolute Gasteiger partial charge is 0.313 e. The van der Waals surface area contributed by atoms with Gasteiger partial charge in [-0.2, -0.15) is 0 Å². The molecule has 0 bridgehead atoms. The van der Waals surface area contributed by atoms with Crippen molar-refractivity contribution in [3.8, 4) is 5.69 Å². The number of para-hydroxylation sites is 1. The van der Waals surface area contributed by atoms with Gasteiger partial charge in [-0.3, -0.25) is 4.57 Å². The van der Waals surface area contributed by atoms with Crippen molar-refractivity contribution in [2.45, 2.75) is 24.0 Å². The molecule has 0 spiro atoms. The number of hydrogen-bond acceptors (Lipinski definition) is 3. The van der Waals surface area contributed by atoms with E-state index in [2.05, 4.69) is 39.1 Å². The van der Waals surface area contributed by atoms with Crippen molar-refractivity contribution in [2.75, 3.05) is 12.3 Å². The topological polar surface area (TPSA) is 29.9 Å². The van der Waals surface area contributed by atoms with Crippen LogP contribution in [0.5, 0.6) is 0 Å². The Labute approximate surface area is 112 Å². The fraction of sp³-hybridized carbons (Fsp3) is 0.357. The summed E-state index contributed by atoms with van der Waals surface area (Å²) in [6.07, 6.45) is 6.49. The third-order valence-electron chi connectivity index (χ3n) is 3.22. The van der Waals surface area contributed by atoms with Crippen LogP contribution in [0.3, 0.4) is 0 Å². The van der Waals surface area contributed by atoms with Gasteiger partial charge in [0.2, 0.25) is 0 Å². The van der Waals surface area contributed by atoms with Gasteiger partial charge in [0, 0.05) is 29.9 Å². The molecule has 1 aromatic heterocycles. The number of rotatable bonds is 4. The van der Waals surface area contributed by atoms with Gasteiger partial charge in [0.15, 0.2) is 5.16 Å². The Kier molecular flexibility index (Phi) is 3.67. The zero-order valence-corrected chi connectivity index (χ0v) is 11.1. The summed E-state index contributed by atoms with van der Waals surface area (Å²) in [5.41, 5.74) is 1.18. The minimum absolute atomic E-state index is 0.649. The first kappa shape index (κ1) is 11.8. The van der Waals surface area contributed by atoms with E-state index in [4.69, 9.17) is 0 Å². The molecule has 0 aliphatic carbocycles. The van der Waals surface area contributed by atoms with Gasteiger partial charge in [-0.15, -0.1) is 0 Å². The standard InChI is InChI=1S/C14H17N3S/c1-2-6-13(7-3-1)17-10-9-16-14(17)18-11-12-5-4-8-15-12/h1-3,6-7,9-10,12,15H,4-5,8,11H2/t12-/m0/s1. The Morgan fingerprint density at radius 2 is 2.22 bits per heavy atom. The van der Waals surface area contributed by atoms with Crippen molar-refractivity contribution in [3.63, 3.8) is 0 Å². The van der Waals surface area contributed by atoms with Crippen molar-refractivity contribution >= 4 is 11.8 Å². The zero-order valence-electron chi connectivity index (χ0n) is 10.2. The van der Waals surface area contributed by atoms with Crippen LogP contribution in [0.1, 0.15) is 12.8 Å². The lowest BCUT2D eigenvalue weighted by atomic mass is 10.3. The van der Waals surface area contributed by atoms with E-state index in [1.807, 2.05) is 30.2 Å². The van der Waals surface area contributed by atoms with E-state index in [1.165, 1.54) is 25.1 Å². The first-order valence-electron chi connectivity index (χ1n) is 6.38. The molecule has 18 heavy (non-hydrogen) atoms. The molecule has 1 atom stereocenters. The Hall–Kier alpha value is -1.26. The molecule has 1 aliphatic rings. The van der Waals surface area contributed by atoms with Crippen molar-refractivity contribution in [1.29, 1.82) is 0 Å². The zero-order chi connectivity index (χ0) is 12.2. The lowest BCUT2D eigenvalue weighted by Crippen LogP contribution is -2.23. The molecular weight excluding hydrogens is 242 g/mol. The normalized spacial score (nSPS) is 19.2. The van der Waals surface area contributed by atoms with Gasteiger partial charge >= 0.3 is 0 Å².